The summed E-state index contributed by atoms with van der Waals surface area (Å²) in [5.41, 5.74) is -0.167. The molecule has 8 rings (SSSR count). The Balaban J connectivity index is 0.914. The van der Waals surface area contributed by atoms with Gasteiger partial charge in [-0.1, -0.05) is 24.6 Å². The molecule has 2 saturated carbocycles. The van der Waals surface area contributed by atoms with E-state index in [0.29, 0.717) is 32.5 Å². The third-order valence-electron chi connectivity index (χ3n) is 13.5. The number of carbonyl (C=O) groups is 2. The number of benzene rings is 3. The maximum absolute atomic E-state index is 15.0. The number of aliphatic hydroxyl groups is 1. The molecule has 14 heteroatoms. The van der Waals surface area contributed by atoms with Crippen molar-refractivity contribution in [1.82, 2.24) is 20.4 Å². The monoisotopic (exact) mass is 812 g/mol. The molecule has 308 valence electrons. The number of halogens is 1. The van der Waals surface area contributed by atoms with E-state index in [9.17, 15) is 28.4 Å². The number of piperidine rings is 1. The van der Waals surface area contributed by atoms with Gasteiger partial charge in [-0.25, -0.2) is 17.6 Å². The zero-order valence-electron chi connectivity index (χ0n) is 33.0. The normalized spacial score (nSPS) is 24.1. The Morgan fingerprint density at radius 1 is 0.931 bits per heavy atom. The Hall–Kier alpha value is -4.55. The van der Waals surface area contributed by atoms with Crippen molar-refractivity contribution < 1.29 is 32.2 Å². The van der Waals surface area contributed by atoms with E-state index in [-0.39, 0.29) is 44.5 Å². The minimum Gasteiger partial charge on any atom is -0.453 e. The number of β-amino-alcohol motifs (C(OH)–C–C–N with tert-alkyl or cyclic N) is 1. The number of amides is 2. The zero-order chi connectivity index (χ0) is 40.7. The molecule has 3 N–H and O–H groups in total. The number of alkyl carbamates (subject to hydrolysis) is 1. The smallest absolute Gasteiger partial charge is 0.407 e. The van der Waals surface area contributed by atoms with Crippen LogP contribution in [0.1, 0.15) is 67.3 Å². The highest BCUT2D eigenvalue weighted by atomic mass is 32.2. The lowest BCUT2D eigenvalue weighted by Crippen LogP contribution is -2.67. The number of nitrogens with one attached hydrogen (secondary N) is 2. The third-order valence-corrected chi connectivity index (χ3v) is 15.3. The van der Waals surface area contributed by atoms with Crippen LogP contribution < -0.4 is 15.5 Å². The Labute approximate surface area is 340 Å². The fourth-order valence-electron chi connectivity index (χ4n) is 10.2. The maximum atomic E-state index is 15.0. The Morgan fingerprint density at radius 3 is 2.29 bits per heavy atom. The van der Waals surface area contributed by atoms with Crippen molar-refractivity contribution in [2.24, 2.45) is 11.8 Å². The van der Waals surface area contributed by atoms with Gasteiger partial charge < -0.3 is 35.2 Å². The van der Waals surface area contributed by atoms with Crippen LogP contribution in [0.4, 0.5) is 14.9 Å². The second-order valence-electron chi connectivity index (χ2n) is 17.3. The summed E-state index contributed by atoms with van der Waals surface area (Å²) in [5.74, 6) is -0.357. The zero-order valence-corrected chi connectivity index (χ0v) is 33.9. The Kier molecular flexibility index (Phi) is 11.0. The van der Waals surface area contributed by atoms with E-state index in [4.69, 9.17) is 4.74 Å². The van der Waals surface area contributed by atoms with Gasteiger partial charge in [-0.3, -0.25) is 4.79 Å². The quantitative estimate of drug-likeness (QED) is 0.218. The summed E-state index contributed by atoms with van der Waals surface area (Å²) in [6, 6.07) is 21.6. The lowest BCUT2D eigenvalue weighted by Gasteiger charge is -2.55. The lowest BCUT2D eigenvalue weighted by molar-refractivity contribution is -0.0362. The summed E-state index contributed by atoms with van der Waals surface area (Å²) in [7, 11) is -2.53. The van der Waals surface area contributed by atoms with Gasteiger partial charge in [0.2, 0.25) is 9.84 Å². The highest BCUT2D eigenvalue weighted by Gasteiger charge is 2.54. The van der Waals surface area contributed by atoms with Crippen LogP contribution in [-0.2, 0) is 20.0 Å². The molecule has 3 aromatic rings. The highest BCUT2D eigenvalue weighted by molar-refractivity contribution is 7.91. The number of hydrogen-bond acceptors (Lipinski definition) is 10. The molecule has 0 radical (unpaired) electrons. The van der Waals surface area contributed by atoms with Gasteiger partial charge in [0.15, 0.2) is 0 Å². The minimum atomic E-state index is -3.92. The van der Waals surface area contributed by atoms with E-state index < -0.39 is 33.0 Å². The molecule has 5 aliphatic rings. The second kappa shape index (κ2) is 15.9. The van der Waals surface area contributed by atoms with Crippen LogP contribution in [0.5, 0.6) is 0 Å². The van der Waals surface area contributed by atoms with Crippen LogP contribution in [-0.4, -0.2) is 112 Å². The van der Waals surface area contributed by atoms with Crippen LogP contribution in [0.15, 0.2) is 82.6 Å². The van der Waals surface area contributed by atoms with Crippen molar-refractivity contribution in [2.45, 2.75) is 83.8 Å². The molecule has 12 nitrogen and oxygen atoms in total. The van der Waals surface area contributed by atoms with Gasteiger partial charge in [0.25, 0.3) is 5.91 Å². The summed E-state index contributed by atoms with van der Waals surface area (Å²) >= 11 is 0. The van der Waals surface area contributed by atoms with E-state index in [2.05, 4.69) is 32.6 Å². The summed E-state index contributed by atoms with van der Waals surface area (Å²) in [5, 5.41) is 26.9. The number of hydrogen-bond donors (Lipinski definition) is 3. The van der Waals surface area contributed by atoms with Gasteiger partial charge in [-0.15, -0.1) is 0 Å². The summed E-state index contributed by atoms with van der Waals surface area (Å²) in [6.45, 7) is 5.76. The number of anilines is 1. The fourth-order valence-corrected chi connectivity index (χ4v) is 11.5. The minimum absolute atomic E-state index is 0.00792. The molecule has 3 saturated heterocycles. The molecule has 58 heavy (non-hydrogen) atoms. The number of ether oxygens (including phenoxy) is 1. The molecule has 0 unspecified atom stereocenters. The predicted octanol–water partition coefficient (Wildman–Crippen LogP) is 4.88. The van der Waals surface area contributed by atoms with Gasteiger partial charge in [0.1, 0.15) is 17.0 Å². The number of sulfone groups is 1. The summed E-state index contributed by atoms with van der Waals surface area (Å²) in [6.07, 6.45) is 6.42. The molecular formula is C44H53FN6O6S. The first kappa shape index (κ1) is 40.2. The van der Waals surface area contributed by atoms with E-state index in [1.165, 1.54) is 37.4 Å². The number of methoxy groups -OCH3 is 1. The number of nitrogens with zero attached hydrogens (tertiary/aromatic N) is 4. The van der Waals surface area contributed by atoms with Crippen LogP contribution in [0.3, 0.4) is 0 Å². The summed E-state index contributed by atoms with van der Waals surface area (Å²) in [4.78, 5) is 32.2. The average molecular weight is 813 g/mol. The van der Waals surface area contributed by atoms with Crippen LogP contribution in [0.25, 0.3) is 0 Å². The van der Waals surface area contributed by atoms with Crippen molar-refractivity contribution >= 4 is 27.5 Å². The SMILES string of the molecule is COC(=O)N[C@H]1CCC[C@@H]1[C@](CN1CCC1)(c1cccc(F)c1)C1CCN(CC2(O)CN(c3ccc(S(=O)(=O)c4cccc(C(=O)NC5(C#N)CC5)c4)cc3)C2)CC1. The maximum Gasteiger partial charge on any atom is 0.407 e. The molecular weight excluding hydrogens is 760 g/mol. The van der Waals surface area contributed by atoms with E-state index in [1.807, 2.05) is 11.0 Å². The number of rotatable bonds is 13. The molecule has 0 aromatic heterocycles. The van der Waals surface area contributed by atoms with E-state index in [1.54, 1.807) is 30.3 Å². The van der Waals surface area contributed by atoms with E-state index in [0.717, 1.165) is 82.5 Å². The van der Waals surface area contributed by atoms with Crippen molar-refractivity contribution in [1.29, 1.82) is 5.26 Å². The molecule has 3 atom stereocenters. The van der Waals surface area contributed by atoms with Gasteiger partial charge >= 0.3 is 6.09 Å². The average Bonchev–Trinajstić information content (AvgIpc) is 3.83. The molecule has 3 heterocycles. The number of carbonyl (C=O) groups excluding carboxylic acids is 2. The molecule has 2 amide bonds. The first-order valence-electron chi connectivity index (χ1n) is 20.6. The standard InChI is InChI=1S/C44H53FN6O6S/c1-57-41(53)47-39-11-4-10-38(39)44(30-49-20-5-21-49,33-7-3-8-34(45)25-33)32-16-22-50(23-17-32)27-43(54)28-51(29-43)35-12-14-36(15-13-35)58(55,56)37-9-2-6-31(24-37)40(52)48-42(26-46)18-19-42/h2-3,6-9,12-15,24-25,32,38-39,54H,4-5,10-11,16-23,27-30H2,1H3,(H,47,53)(H,48,52)/t38-,39-,44-/m0/s1. The van der Waals surface area contributed by atoms with Crippen molar-refractivity contribution in [3.8, 4) is 6.07 Å². The van der Waals surface area contributed by atoms with Gasteiger partial charge in [-0.2, -0.15) is 5.26 Å². The molecule has 5 fully saturated rings. The number of likely N-dealkylation sites (tertiary alicyclic amines) is 2. The second-order valence-corrected chi connectivity index (χ2v) is 19.2. The summed E-state index contributed by atoms with van der Waals surface area (Å²) < 4.78 is 47.2. The van der Waals surface area contributed by atoms with Gasteiger partial charge in [0, 0.05) is 48.9 Å². The Bertz CT molecular complexity index is 2160. The molecule has 0 bridgehead atoms. The van der Waals surface area contributed by atoms with Gasteiger partial charge in [-0.05, 0) is 143 Å². The lowest BCUT2D eigenvalue weighted by atomic mass is 9.57. The van der Waals surface area contributed by atoms with Crippen LogP contribution in [0, 0.1) is 29.0 Å². The molecule has 2 aliphatic carbocycles. The molecule has 0 spiro atoms. The molecule has 3 aliphatic heterocycles. The number of nitriles is 1. The third kappa shape index (κ3) is 7.94. The highest BCUT2D eigenvalue weighted by Crippen LogP contribution is 2.51. The predicted molar refractivity (Wildman–Crippen MR) is 216 cm³/mol. The van der Waals surface area contributed by atoms with E-state index >= 15 is 4.39 Å². The Morgan fingerprint density at radius 2 is 1.66 bits per heavy atom. The largest absolute Gasteiger partial charge is 0.453 e. The molecule has 3 aromatic carbocycles. The fraction of sp³-hybridized carbons (Fsp3) is 0.523. The first-order valence-corrected chi connectivity index (χ1v) is 22.1. The van der Waals surface area contributed by atoms with Crippen molar-refractivity contribution in [2.75, 3.05) is 64.4 Å². The van der Waals surface area contributed by atoms with Crippen LogP contribution >= 0.6 is 0 Å². The van der Waals surface area contributed by atoms with Crippen molar-refractivity contribution in [3.63, 3.8) is 0 Å². The van der Waals surface area contributed by atoms with Crippen molar-refractivity contribution in [3.05, 3.63) is 89.7 Å². The first-order chi connectivity index (χ1) is 27.8. The van der Waals surface area contributed by atoms with Crippen LogP contribution in [0.2, 0.25) is 0 Å². The topological polar surface area (TPSA) is 155 Å². The van der Waals surface area contributed by atoms with Gasteiger partial charge in [0.05, 0.1) is 23.0 Å².